The molecule has 2 heterocycles. The molecule has 2 aliphatic heterocycles. The molecule has 0 aromatic heterocycles. The van der Waals surface area contributed by atoms with Crippen LogP contribution in [0.3, 0.4) is 0 Å². The van der Waals surface area contributed by atoms with Gasteiger partial charge in [-0.25, -0.2) is 8.42 Å². The number of nitrogens with zero attached hydrogens (tertiary/aromatic N) is 3. The number of hydrogen-bond donors (Lipinski definition) is 0. The van der Waals surface area contributed by atoms with Crippen molar-refractivity contribution in [3.05, 3.63) is 35.4 Å². The van der Waals surface area contributed by atoms with Gasteiger partial charge in [0.1, 0.15) is 9.84 Å². The first-order valence-corrected chi connectivity index (χ1v) is 10.2. The molecule has 1 saturated heterocycles. The predicted molar refractivity (Wildman–Crippen MR) is 87.4 cm³/mol. The number of carbonyl (C=O) groups excluding carboxylic acids is 1. The van der Waals surface area contributed by atoms with E-state index in [1.807, 2.05) is 0 Å². The molecule has 2 aliphatic rings. The highest BCUT2D eigenvalue weighted by molar-refractivity contribution is 7.90. The molecule has 142 valence electrons. The number of alkyl halides is 3. The number of amides is 1. The molecule has 0 aliphatic carbocycles. The summed E-state index contributed by atoms with van der Waals surface area (Å²) in [4.78, 5) is 14.1. The molecule has 3 rings (SSSR count). The molecular formula is C16H18F3N3O3S. The molecular weight excluding hydrogens is 371 g/mol. The number of carbonyl (C=O) groups is 1. The molecule has 0 radical (unpaired) electrons. The van der Waals surface area contributed by atoms with Gasteiger partial charge in [0.05, 0.1) is 5.75 Å². The van der Waals surface area contributed by atoms with E-state index in [2.05, 4.69) is 10.2 Å². The van der Waals surface area contributed by atoms with Gasteiger partial charge in [-0.3, -0.25) is 4.79 Å². The van der Waals surface area contributed by atoms with Crippen LogP contribution in [0.2, 0.25) is 0 Å². The number of sulfone groups is 1. The predicted octanol–water partition coefficient (Wildman–Crippen LogP) is 2.76. The van der Waals surface area contributed by atoms with E-state index in [1.165, 1.54) is 30.5 Å². The smallest absolute Gasteiger partial charge is 0.339 e. The molecule has 0 saturated carbocycles. The van der Waals surface area contributed by atoms with Gasteiger partial charge < -0.3 is 4.90 Å². The topological polar surface area (TPSA) is 79.2 Å². The largest absolute Gasteiger partial charge is 0.442 e. The maximum Gasteiger partial charge on any atom is 0.442 e. The molecule has 1 aromatic carbocycles. The van der Waals surface area contributed by atoms with Gasteiger partial charge >= 0.3 is 11.8 Å². The lowest BCUT2D eigenvalue weighted by Crippen LogP contribution is -2.39. The summed E-state index contributed by atoms with van der Waals surface area (Å²) >= 11 is 0. The number of rotatable bonds is 4. The van der Waals surface area contributed by atoms with Crippen molar-refractivity contribution >= 4 is 15.7 Å². The normalized spacial score (nSPS) is 20.2. The van der Waals surface area contributed by atoms with Gasteiger partial charge in [-0.1, -0.05) is 12.1 Å². The maximum atomic E-state index is 13.0. The molecule has 0 unspecified atom stereocenters. The van der Waals surface area contributed by atoms with Gasteiger partial charge in [0.15, 0.2) is 0 Å². The third kappa shape index (κ3) is 3.74. The van der Waals surface area contributed by atoms with Crippen LogP contribution in [0.15, 0.2) is 34.5 Å². The number of piperidine rings is 1. The maximum absolute atomic E-state index is 13.0. The molecule has 1 fully saturated rings. The van der Waals surface area contributed by atoms with Crippen LogP contribution in [-0.4, -0.2) is 50.5 Å². The number of halogens is 3. The van der Waals surface area contributed by atoms with Crippen molar-refractivity contribution in [1.82, 2.24) is 4.90 Å². The summed E-state index contributed by atoms with van der Waals surface area (Å²) < 4.78 is 61.6. The fourth-order valence-corrected chi connectivity index (χ4v) is 4.39. The standard InChI is InChI=1S/C16H18F3N3O3S/c1-26(24,25)10-11-6-8-22(9-7-11)14(23)12-2-4-13(5-3-12)15(20-21-15)16(17,18)19/h2-5,11H,6-10H2,1H3. The first-order chi connectivity index (χ1) is 12.0. The van der Waals surface area contributed by atoms with Crippen molar-refractivity contribution in [3.63, 3.8) is 0 Å². The lowest BCUT2D eigenvalue weighted by Gasteiger charge is -2.31. The monoisotopic (exact) mass is 389 g/mol. The van der Waals surface area contributed by atoms with E-state index in [1.54, 1.807) is 4.90 Å². The highest BCUT2D eigenvalue weighted by Crippen LogP contribution is 2.52. The molecule has 10 heteroatoms. The average molecular weight is 389 g/mol. The van der Waals surface area contributed by atoms with Gasteiger partial charge in [0.2, 0.25) is 0 Å². The molecule has 0 atom stereocenters. The van der Waals surface area contributed by atoms with Crippen molar-refractivity contribution in [2.24, 2.45) is 16.1 Å². The lowest BCUT2D eigenvalue weighted by atomic mass is 9.97. The highest BCUT2D eigenvalue weighted by Gasteiger charge is 2.65. The Morgan fingerprint density at radius 2 is 1.73 bits per heavy atom. The Labute approximate surface area is 149 Å². The van der Waals surface area contributed by atoms with Gasteiger partial charge in [0.25, 0.3) is 5.91 Å². The molecule has 6 nitrogen and oxygen atoms in total. The van der Waals surface area contributed by atoms with E-state index < -0.39 is 21.7 Å². The van der Waals surface area contributed by atoms with Crippen LogP contribution in [-0.2, 0) is 15.5 Å². The van der Waals surface area contributed by atoms with Crippen LogP contribution in [0.4, 0.5) is 13.2 Å². The molecule has 1 amide bonds. The van der Waals surface area contributed by atoms with E-state index in [0.29, 0.717) is 25.9 Å². The van der Waals surface area contributed by atoms with Crippen molar-refractivity contribution < 1.29 is 26.4 Å². The number of benzene rings is 1. The summed E-state index contributed by atoms with van der Waals surface area (Å²) in [6.07, 6.45) is -2.23. The molecule has 0 N–H and O–H groups in total. The third-order valence-electron chi connectivity index (χ3n) is 4.67. The van der Waals surface area contributed by atoms with Crippen molar-refractivity contribution in [2.75, 3.05) is 25.1 Å². The van der Waals surface area contributed by atoms with Gasteiger partial charge in [-0.05, 0) is 30.9 Å². The van der Waals surface area contributed by atoms with Crippen LogP contribution < -0.4 is 0 Å². The quantitative estimate of drug-likeness (QED) is 0.794. The van der Waals surface area contributed by atoms with Crippen LogP contribution in [0.1, 0.15) is 28.8 Å². The van der Waals surface area contributed by atoms with E-state index in [4.69, 9.17) is 0 Å². The minimum Gasteiger partial charge on any atom is -0.339 e. The van der Waals surface area contributed by atoms with Crippen LogP contribution in [0, 0.1) is 5.92 Å². The average Bonchev–Trinajstić information content (AvgIpc) is 3.35. The Morgan fingerprint density at radius 1 is 1.19 bits per heavy atom. The summed E-state index contributed by atoms with van der Waals surface area (Å²) in [7, 11) is -3.05. The van der Waals surface area contributed by atoms with Crippen molar-refractivity contribution in [1.29, 1.82) is 0 Å². The highest BCUT2D eigenvalue weighted by atomic mass is 32.2. The Hall–Kier alpha value is -1.97. The molecule has 0 bridgehead atoms. The Morgan fingerprint density at radius 3 is 2.15 bits per heavy atom. The molecule has 26 heavy (non-hydrogen) atoms. The SMILES string of the molecule is CS(=O)(=O)CC1CCN(C(=O)c2ccc(C3(C(F)(F)F)N=N3)cc2)CC1. The second kappa shape index (κ2) is 6.33. The zero-order valence-electron chi connectivity index (χ0n) is 14.0. The van der Waals surface area contributed by atoms with E-state index >= 15 is 0 Å². The van der Waals surface area contributed by atoms with E-state index in [-0.39, 0.29) is 28.7 Å². The Bertz CT molecular complexity index is 821. The van der Waals surface area contributed by atoms with Crippen LogP contribution in [0.25, 0.3) is 0 Å². The third-order valence-corrected chi connectivity index (χ3v) is 5.75. The van der Waals surface area contributed by atoms with Crippen molar-refractivity contribution in [2.45, 2.75) is 24.7 Å². The summed E-state index contributed by atoms with van der Waals surface area (Å²) in [6.45, 7) is 0.857. The minimum absolute atomic E-state index is 0.0289. The zero-order chi connectivity index (χ0) is 19.2. The lowest BCUT2D eigenvalue weighted by molar-refractivity contribution is -0.166. The fraction of sp³-hybridized carbons (Fsp3) is 0.562. The Kier molecular flexibility index (Phi) is 4.58. The first-order valence-electron chi connectivity index (χ1n) is 8.10. The summed E-state index contributed by atoms with van der Waals surface area (Å²) in [5.74, 6) is -0.141. The van der Waals surface area contributed by atoms with Gasteiger partial charge in [-0.15, -0.1) is 10.2 Å². The second-order valence-corrected chi connectivity index (χ2v) is 8.96. The second-order valence-electron chi connectivity index (χ2n) is 6.78. The summed E-state index contributed by atoms with van der Waals surface area (Å²) in [5, 5.41) is 6.27. The number of likely N-dealkylation sites (tertiary alicyclic amines) is 1. The first kappa shape index (κ1) is 18.8. The zero-order valence-corrected chi connectivity index (χ0v) is 14.8. The van der Waals surface area contributed by atoms with Crippen molar-refractivity contribution in [3.8, 4) is 0 Å². The van der Waals surface area contributed by atoms with Gasteiger partial charge in [0, 0.05) is 30.5 Å². The van der Waals surface area contributed by atoms with Crippen LogP contribution in [0.5, 0.6) is 0 Å². The number of hydrogen-bond acceptors (Lipinski definition) is 5. The Balaban J connectivity index is 1.63. The van der Waals surface area contributed by atoms with Gasteiger partial charge in [-0.2, -0.15) is 13.2 Å². The molecule has 0 spiro atoms. The van der Waals surface area contributed by atoms with E-state index in [9.17, 15) is 26.4 Å². The summed E-state index contributed by atoms with van der Waals surface area (Å²) in [6, 6.07) is 5.13. The fourth-order valence-electron chi connectivity index (χ4n) is 3.20. The van der Waals surface area contributed by atoms with E-state index in [0.717, 1.165) is 0 Å². The van der Waals surface area contributed by atoms with Crippen LogP contribution >= 0.6 is 0 Å². The summed E-state index contributed by atoms with van der Waals surface area (Å²) in [5.41, 5.74) is -2.32. The minimum atomic E-state index is -4.60. The molecule has 1 aromatic rings.